The lowest BCUT2D eigenvalue weighted by Gasteiger charge is -2.26. The monoisotopic (exact) mass is 349 g/mol. The number of hydrogen-bond donors (Lipinski definition) is 0. The second kappa shape index (κ2) is 6.87. The Labute approximate surface area is 153 Å². The molecule has 1 aliphatic rings. The molecular weight excluding hydrogens is 330 g/mol. The third-order valence-corrected chi connectivity index (χ3v) is 4.94. The summed E-state index contributed by atoms with van der Waals surface area (Å²) in [5.74, 6) is 0. The van der Waals surface area contributed by atoms with Crippen LogP contribution in [0, 0.1) is 0 Å². The summed E-state index contributed by atoms with van der Waals surface area (Å²) in [4.78, 5) is 9.15. The number of halogens is 1. The van der Waals surface area contributed by atoms with Crippen molar-refractivity contribution in [1.82, 2.24) is 9.88 Å². The summed E-state index contributed by atoms with van der Waals surface area (Å²) >= 11 is 6.48. The van der Waals surface area contributed by atoms with Crippen LogP contribution in [0.1, 0.15) is 5.56 Å². The number of aromatic nitrogens is 1. The molecule has 3 aromatic rings. The molecule has 0 N–H and O–H groups in total. The maximum atomic E-state index is 6.48. The lowest BCUT2D eigenvalue weighted by atomic mass is 10.0. The first-order chi connectivity index (χ1) is 12.2. The number of nitrogens with zero attached hydrogens (tertiary/aromatic N) is 3. The fourth-order valence-electron chi connectivity index (χ4n) is 3.35. The molecule has 0 atom stereocenters. The van der Waals surface area contributed by atoms with Crippen molar-refractivity contribution in [3.8, 4) is 11.3 Å². The zero-order chi connectivity index (χ0) is 17.2. The molecule has 0 saturated heterocycles. The SMILES string of the molecule is CN1CCN(c2ccccc2Cl)c2ccc(-c3ccccn3)cc2C1. The van der Waals surface area contributed by atoms with E-state index in [4.69, 9.17) is 11.6 Å². The average Bonchev–Trinajstić information content (AvgIpc) is 2.80. The first kappa shape index (κ1) is 16.1. The van der Waals surface area contributed by atoms with Crippen LogP contribution in [0.5, 0.6) is 0 Å². The molecule has 4 rings (SSSR count). The molecular formula is C21H20ClN3. The van der Waals surface area contributed by atoms with E-state index in [-0.39, 0.29) is 0 Å². The van der Waals surface area contributed by atoms with Gasteiger partial charge in [0, 0.05) is 37.1 Å². The van der Waals surface area contributed by atoms with Crippen molar-refractivity contribution in [3.63, 3.8) is 0 Å². The van der Waals surface area contributed by atoms with Crippen LogP contribution in [0.3, 0.4) is 0 Å². The maximum absolute atomic E-state index is 6.48. The Kier molecular flexibility index (Phi) is 4.43. The standard InChI is InChI=1S/C21H20ClN3/c1-24-12-13-25(21-8-3-2-6-18(21)22)20-10-9-16(14-17(20)15-24)19-7-4-5-11-23-19/h2-11,14H,12-13,15H2,1H3. The number of para-hydroxylation sites is 1. The van der Waals surface area contributed by atoms with Gasteiger partial charge >= 0.3 is 0 Å². The van der Waals surface area contributed by atoms with E-state index in [9.17, 15) is 0 Å². The fraction of sp³-hybridized carbons (Fsp3) is 0.190. The van der Waals surface area contributed by atoms with Gasteiger partial charge in [0.1, 0.15) is 0 Å². The minimum atomic E-state index is 0.784. The smallest absolute Gasteiger partial charge is 0.0702 e. The topological polar surface area (TPSA) is 19.4 Å². The highest BCUT2D eigenvalue weighted by atomic mass is 35.5. The molecule has 0 saturated carbocycles. The van der Waals surface area contributed by atoms with Gasteiger partial charge in [-0.05, 0) is 49.0 Å². The zero-order valence-electron chi connectivity index (χ0n) is 14.2. The highest BCUT2D eigenvalue weighted by Crippen LogP contribution is 2.37. The van der Waals surface area contributed by atoms with E-state index in [1.165, 1.54) is 11.3 Å². The zero-order valence-corrected chi connectivity index (χ0v) is 14.9. The highest BCUT2D eigenvalue weighted by Gasteiger charge is 2.21. The molecule has 0 spiro atoms. The van der Waals surface area contributed by atoms with Crippen molar-refractivity contribution in [1.29, 1.82) is 0 Å². The molecule has 2 aromatic carbocycles. The summed E-state index contributed by atoms with van der Waals surface area (Å²) in [7, 11) is 2.16. The van der Waals surface area contributed by atoms with Crippen molar-refractivity contribution >= 4 is 23.0 Å². The molecule has 126 valence electrons. The summed E-state index contributed by atoms with van der Waals surface area (Å²) in [6, 6.07) is 20.7. The van der Waals surface area contributed by atoms with Crippen molar-refractivity contribution in [2.24, 2.45) is 0 Å². The summed E-state index contributed by atoms with van der Waals surface area (Å²) in [5, 5.41) is 0.784. The Bertz CT molecular complexity index is 879. The minimum Gasteiger partial charge on any atom is -0.339 e. The summed E-state index contributed by atoms with van der Waals surface area (Å²) in [6.07, 6.45) is 1.84. The van der Waals surface area contributed by atoms with Gasteiger partial charge in [-0.2, -0.15) is 0 Å². The van der Waals surface area contributed by atoms with E-state index >= 15 is 0 Å². The molecule has 3 nitrogen and oxygen atoms in total. The molecule has 1 aliphatic heterocycles. The summed E-state index contributed by atoms with van der Waals surface area (Å²) in [6.45, 7) is 2.81. The molecule has 0 amide bonds. The minimum absolute atomic E-state index is 0.784. The quantitative estimate of drug-likeness (QED) is 0.650. The first-order valence-electron chi connectivity index (χ1n) is 8.47. The fourth-order valence-corrected chi connectivity index (χ4v) is 3.59. The highest BCUT2D eigenvalue weighted by molar-refractivity contribution is 6.33. The molecule has 0 bridgehead atoms. The largest absolute Gasteiger partial charge is 0.339 e. The van der Waals surface area contributed by atoms with Gasteiger partial charge in [-0.3, -0.25) is 4.98 Å². The predicted octanol–water partition coefficient (Wildman–Crippen LogP) is 4.99. The van der Waals surface area contributed by atoms with E-state index in [0.717, 1.165) is 41.6 Å². The van der Waals surface area contributed by atoms with Gasteiger partial charge in [0.2, 0.25) is 0 Å². The lowest BCUT2D eigenvalue weighted by molar-refractivity contribution is 0.343. The Morgan fingerprint density at radius 2 is 1.76 bits per heavy atom. The van der Waals surface area contributed by atoms with Crippen LogP contribution < -0.4 is 4.90 Å². The van der Waals surface area contributed by atoms with Crippen LogP contribution >= 0.6 is 11.6 Å². The van der Waals surface area contributed by atoms with Crippen LogP contribution in [-0.4, -0.2) is 30.0 Å². The third-order valence-electron chi connectivity index (χ3n) is 4.62. The van der Waals surface area contributed by atoms with Crippen molar-refractivity contribution in [2.45, 2.75) is 6.54 Å². The molecule has 0 unspecified atom stereocenters. The van der Waals surface area contributed by atoms with Gasteiger partial charge < -0.3 is 9.80 Å². The van der Waals surface area contributed by atoms with Gasteiger partial charge in [-0.15, -0.1) is 0 Å². The van der Waals surface area contributed by atoms with Gasteiger partial charge in [-0.1, -0.05) is 35.9 Å². The second-order valence-electron chi connectivity index (χ2n) is 6.40. The van der Waals surface area contributed by atoms with Crippen molar-refractivity contribution in [3.05, 3.63) is 77.4 Å². The van der Waals surface area contributed by atoms with E-state index in [0.29, 0.717) is 0 Å². The first-order valence-corrected chi connectivity index (χ1v) is 8.85. The Morgan fingerprint density at radius 1 is 0.920 bits per heavy atom. The molecule has 0 aliphatic carbocycles. The van der Waals surface area contributed by atoms with Gasteiger partial charge in [-0.25, -0.2) is 0 Å². The lowest BCUT2D eigenvalue weighted by Crippen LogP contribution is -2.26. The third kappa shape index (κ3) is 3.26. The number of benzene rings is 2. The average molecular weight is 350 g/mol. The van der Waals surface area contributed by atoms with Crippen LogP contribution in [0.15, 0.2) is 66.9 Å². The number of anilines is 2. The molecule has 25 heavy (non-hydrogen) atoms. The van der Waals surface area contributed by atoms with Crippen molar-refractivity contribution < 1.29 is 0 Å². The van der Waals surface area contributed by atoms with Gasteiger partial charge in [0.15, 0.2) is 0 Å². The molecule has 0 fully saturated rings. The number of fused-ring (bicyclic) bond motifs is 1. The molecule has 1 aromatic heterocycles. The number of rotatable bonds is 2. The summed E-state index contributed by atoms with van der Waals surface area (Å²) in [5.41, 5.74) is 5.72. The van der Waals surface area contributed by atoms with E-state index in [1.807, 2.05) is 42.6 Å². The molecule has 0 radical (unpaired) electrons. The van der Waals surface area contributed by atoms with Crippen LogP contribution in [0.25, 0.3) is 11.3 Å². The van der Waals surface area contributed by atoms with Gasteiger partial charge in [0.05, 0.1) is 16.4 Å². The second-order valence-corrected chi connectivity index (χ2v) is 6.81. The number of likely N-dealkylation sites (N-methyl/N-ethyl adjacent to an activating group) is 1. The van der Waals surface area contributed by atoms with Crippen LogP contribution in [0.2, 0.25) is 5.02 Å². The maximum Gasteiger partial charge on any atom is 0.0702 e. The van der Waals surface area contributed by atoms with Crippen molar-refractivity contribution in [2.75, 3.05) is 25.0 Å². The normalized spacial score (nSPS) is 14.9. The number of hydrogen-bond acceptors (Lipinski definition) is 3. The Morgan fingerprint density at radius 3 is 2.56 bits per heavy atom. The summed E-state index contributed by atoms with van der Waals surface area (Å²) < 4.78 is 0. The van der Waals surface area contributed by atoms with E-state index < -0.39 is 0 Å². The molecule has 4 heteroatoms. The van der Waals surface area contributed by atoms with Gasteiger partial charge in [0.25, 0.3) is 0 Å². The van der Waals surface area contributed by atoms with Crippen LogP contribution in [0.4, 0.5) is 11.4 Å². The van der Waals surface area contributed by atoms with Crippen LogP contribution in [-0.2, 0) is 6.54 Å². The Hall–Kier alpha value is -2.36. The van der Waals surface area contributed by atoms with E-state index in [2.05, 4.69) is 46.1 Å². The van der Waals surface area contributed by atoms with E-state index in [1.54, 1.807) is 0 Å². The number of pyridine rings is 1. The predicted molar refractivity (Wildman–Crippen MR) is 104 cm³/mol. The molecule has 2 heterocycles. The Balaban J connectivity index is 1.81.